The second-order valence-corrected chi connectivity index (χ2v) is 6.26. The van der Waals surface area contributed by atoms with E-state index in [4.69, 9.17) is 9.47 Å². The van der Waals surface area contributed by atoms with E-state index in [1.807, 2.05) is 13.0 Å². The Hall–Kier alpha value is -2.69. The van der Waals surface area contributed by atoms with Gasteiger partial charge in [-0.15, -0.1) is 0 Å². The summed E-state index contributed by atoms with van der Waals surface area (Å²) in [5, 5.41) is 6.18. The Morgan fingerprint density at radius 2 is 1.68 bits per heavy atom. The minimum absolute atomic E-state index is 0.104. The molecule has 0 aliphatic heterocycles. The lowest BCUT2D eigenvalue weighted by molar-refractivity contribution is -0.116. The number of hydrogen-bond acceptors (Lipinski definition) is 4. The first-order valence-corrected chi connectivity index (χ1v) is 8.52. The van der Waals surface area contributed by atoms with Gasteiger partial charge in [-0.05, 0) is 61.6 Å². The maximum Gasteiger partial charge on any atom is 0.246 e. The highest BCUT2D eigenvalue weighted by Gasteiger charge is 2.16. The highest BCUT2D eigenvalue weighted by molar-refractivity contribution is 5.96. The minimum atomic E-state index is -0.354. The molecule has 1 amide bonds. The van der Waals surface area contributed by atoms with E-state index < -0.39 is 0 Å². The Morgan fingerprint density at radius 3 is 2.44 bits per heavy atom. The zero-order valence-electron chi connectivity index (χ0n) is 14.9. The van der Waals surface area contributed by atoms with Gasteiger partial charge in [-0.2, -0.15) is 0 Å². The molecule has 0 bridgehead atoms. The third kappa shape index (κ3) is 3.87. The molecule has 1 aliphatic rings. The minimum Gasteiger partial charge on any atom is -0.493 e. The maximum atomic E-state index is 12.5. The van der Waals surface area contributed by atoms with Gasteiger partial charge in [-0.1, -0.05) is 6.07 Å². The SMILES string of the molecule is COc1ccc(NC(=O)[C@H](C)Nc2ccc3c(c2)CCC3)cc1OC. The fourth-order valence-corrected chi connectivity index (χ4v) is 3.14. The van der Waals surface area contributed by atoms with Crippen LogP contribution < -0.4 is 20.1 Å². The summed E-state index contributed by atoms with van der Waals surface area (Å²) < 4.78 is 10.5. The van der Waals surface area contributed by atoms with Gasteiger partial charge in [-0.3, -0.25) is 4.79 Å². The van der Waals surface area contributed by atoms with Crippen LogP contribution in [0.15, 0.2) is 36.4 Å². The van der Waals surface area contributed by atoms with Crippen molar-refractivity contribution < 1.29 is 14.3 Å². The van der Waals surface area contributed by atoms with Gasteiger partial charge in [0, 0.05) is 17.4 Å². The van der Waals surface area contributed by atoms with Gasteiger partial charge in [0.25, 0.3) is 0 Å². The number of aryl methyl sites for hydroxylation is 2. The lowest BCUT2D eigenvalue weighted by Crippen LogP contribution is -2.31. The molecule has 0 saturated carbocycles. The van der Waals surface area contributed by atoms with Gasteiger partial charge < -0.3 is 20.1 Å². The summed E-state index contributed by atoms with van der Waals surface area (Å²) in [5.41, 5.74) is 4.46. The van der Waals surface area contributed by atoms with Crippen molar-refractivity contribution in [3.63, 3.8) is 0 Å². The first kappa shape index (κ1) is 17.1. The summed E-state index contributed by atoms with van der Waals surface area (Å²) in [4.78, 5) is 12.5. The molecule has 0 saturated heterocycles. The molecule has 1 aliphatic carbocycles. The fourth-order valence-electron chi connectivity index (χ4n) is 3.14. The van der Waals surface area contributed by atoms with E-state index in [1.54, 1.807) is 32.4 Å². The number of hydrogen-bond donors (Lipinski definition) is 2. The zero-order valence-corrected chi connectivity index (χ0v) is 14.9. The molecule has 25 heavy (non-hydrogen) atoms. The predicted molar refractivity (Wildman–Crippen MR) is 99.7 cm³/mol. The van der Waals surface area contributed by atoms with E-state index in [9.17, 15) is 4.79 Å². The number of fused-ring (bicyclic) bond motifs is 1. The fraction of sp³-hybridized carbons (Fsp3) is 0.350. The molecular weight excluding hydrogens is 316 g/mol. The number of methoxy groups -OCH3 is 2. The second-order valence-electron chi connectivity index (χ2n) is 6.26. The summed E-state index contributed by atoms with van der Waals surface area (Å²) in [5.74, 6) is 1.11. The van der Waals surface area contributed by atoms with E-state index >= 15 is 0 Å². The standard InChI is InChI=1S/C20H24N2O3/c1-13(21-16-8-7-14-5-4-6-15(14)11-16)20(23)22-17-9-10-18(24-2)19(12-17)25-3/h7-13,21H,4-6H2,1-3H3,(H,22,23)/t13-/m0/s1. The molecule has 5 nitrogen and oxygen atoms in total. The summed E-state index contributed by atoms with van der Waals surface area (Å²) in [6.07, 6.45) is 3.50. The van der Waals surface area contributed by atoms with Crippen molar-refractivity contribution >= 4 is 17.3 Å². The van der Waals surface area contributed by atoms with Crippen molar-refractivity contribution in [1.29, 1.82) is 0 Å². The van der Waals surface area contributed by atoms with Crippen molar-refractivity contribution in [2.75, 3.05) is 24.9 Å². The van der Waals surface area contributed by atoms with Crippen molar-refractivity contribution in [3.05, 3.63) is 47.5 Å². The van der Waals surface area contributed by atoms with E-state index in [0.29, 0.717) is 17.2 Å². The van der Waals surface area contributed by atoms with Gasteiger partial charge in [0.1, 0.15) is 6.04 Å². The number of benzene rings is 2. The lowest BCUT2D eigenvalue weighted by atomic mass is 10.1. The molecule has 132 valence electrons. The van der Waals surface area contributed by atoms with Crippen molar-refractivity contribution in [1.82, 2.24) is 0 Å². The lowest BCUT2D eigenvalue weighted by Gasteiger charge is -2.17. The summed E-state index contributed by atoms with van der Waals surface area (Å²) >= 11 is 0. The smallest absolute Gasteiger partial charge is 0.246 e. The number of anilines is 2. The normalized spacial score (nSPS) is 13.7. The average Bonchev–Trinajstić information content (AvgIpc) is 3.09. The number of carbonyl (C=O) groups is 1. The van der Waals surface area contributed by atoms with Crippen LogP contribution in [0.1, 0.15) is 24.5 Å². The van der Waals surface area contributed by atoms with Crippen LogP contribution in [0.3, 0.4) is 0 Å². The molecule has 0 heterocycles. The number of ether oxygens (including phenoxy) is 2. The average molecular weight is 340 g/mol. The molecule has 0 aromatic heterocycles. The summed E-state index contributed by atoms with van der Waals surface area (Å²) in [6, 6.07) is 11.3. The van der Waals surface area contributed by atoms with Crippen LogP contribution in [-0.2, 0) is 17.6 Å². The Bertz CT molecular complexity index is 774. The van der Waals surface area contributed by atoms with Crippen LogP contribution in [0.4, 0.5) is 11.4 Å². The van der Waals surface area contributed by atoms with Crippen molar-refractivity contribution in [2.24, 2.45) is 0 Å². The number of rotatable bonds is 6. The van der Waals surface area contributed by atoms with Gasteiger partial charge in [0.05, 0.1) is 14.2 Å². The van der Waals surface area contributed by atoms with E-state index in [2.05, 4.69) is 22.8 Å². The number of amides is 1. The number of carbonyl (C=O) groups excluding carboxylic acids is 1. The maximum absolute atomic E-state index is 12.5. The van der Waals surface area contributed by atoms with Crippen LogP contribution in [0, 0.1) is 0 Å². The van der Waals surface area contributed by atoms with E-state index in [0.717, 1.165) is 18.5 Å². The third-order valence-electron chi connectivity index (χ3n) is 4.53. The monoisotopic (exact) mass is 340 g/mol. The Morgan fingerprint density at radius 1 is 0.960 bits per heavy atom. The molecule has 0 fully saturated rings. The number of nitrogens with one attached hydrogen (secondary N) is 2. The van der Waals surface area contributed by atoms with E-state index in [1.165, 1.54) is 17.5 Å². The molecule has 1 atom stereocenters. The van der Waals surface area contributed by atoms with Crippen LogP contribution in [0.25, 0.3) is 0 Å². The molecular formula is C20H24N2O3. The van der Waals surface area contributed by atoms with Crippen LogP contribution >= 0.6 is 0 Å². The van der Waals surface area contributed by atoms with Gasteiger partial charge >= 0.3 is 0 Å². The van der Waals surface area contributed by atoms with Crippen LogP contribution in [0.2, 0.25) is 0 Å². The van der Waals surface area contributed by atoms with E-state index in [-0.39, 0.29) is 11.9 Å². The van der Waals surface area contributed by atoms with Crippen LogP contribution in [-0.4, -0.2) is 26.2 Å². The van der Waals surface area contributed by atoms with Gasteiger partial charge in [0.2, 0.25) is 5.91 Å². The molecule has 2 aromatic rings. The molecule has 2 N–H and O–H groups in total. The van der Waals surface area contributed by atoms with Crippen LogP contribution in [0.5, 0.6) is 11.5 Å². The second kappa shape index (κ2) is 7.47. The first-order chi connectivity index (χ1) is 12.1. The summed E-state index contributed by atoms with van der Waals surface area (Å²) in [7, 11) is 3.15. The molecule has 0 radical (unpaired) electrons. The Labute approximate surface area is 148 Å². The van der Waals surface area contributed by atoms with Gasteiger partial charge in [-0.25, -0.2) is 0 Å². The predicted octanol–water partition coefficient (Wildman–Crippen LogP) is 3.63. The topological polar surface area (TPSA) is 59.6 Å². The highest BCUT2D eigenvalue weighted by atomic mass is 16.5. The summed E-state index contributed by atoms with van der Waals surface area (Å²) in [6.45, 7) is 1.85. The Balaban J connectivity index is 1.64. The molecule has 2 aromatic carbocycles. The highest BCUT2D eigenvalue weighted by Crippen LogP contribution is 2.30. The van der Waals surface area contributed by atoms with Gasteiger partial charge in [0.15, 0.2) is 11.5 Å². The largest absolute Gasteiger partial charge is 0.493 e. The molecule has 0 spiro atoms. The molecule has 5 heteroatoms. The molecule has 0 unspecified atom stereocenters. The Kier molecular flexibility index (Phi) is 5.12. The third-order valence-corrected chi connectivity index (χ3v) is 4.53. The zero-order chi connectivity index (χ0) is 17.8. The molecule has 3 rings (SSSR count). The van der Waals surface area contributed by atoms with Crippen molar-refractivity contribution in [2.45, 2.75) is 32.2 Å². The van der Waals surface area contributed by atoms with Crippen molar-refractivity contribution in [3.8, 4) is 11.5 Å². The first-order valence-electron chi connectivity index (χ1n) is 8.52. The quantitative estimate of drug-likeness (QED) is 0.843.